The number of hydrogen-bond donors (Lipinski definition) is 1. The lowest BCUT2D eigenvalue weighted by atomic mass is 10.1. The monoisotopic (exact) mass is 353 g/mol. The maximum absolute atomic E-state index is 13.5. The molecule has 0 saturated carbocycles. The number of carbonyl (C=O) groups excluding carboxylic acids is 1. The lowest BCUT2D eigenvalue weighted by molar-refractivity contribution is 0.0731. The van der Waals surface area contributed by atoms with Gasteiger partial charge in [0.2, 0.25) is 0 Å². The predicted molar refractivity (Wildman–Crippen MR) is 98.3 cm³/mol. The van der Waals surface area contributed by atoms with Gasteiger partial charge in [0.25, 0.3) is 5.91 Å². The Hall–Kier alpha value is -2.83. The lowest BCUT2D eigenvalue weighted by Crippen LogP contribution is -2.31. The van der Waals surface area contributed by atoms with Crippen molar-refractivity contribution in [2.75, 3.05) is 13.7 Å². The normalized spacial score (nSPS) is 17.2. The number of fused-ring (bicyclic) bond motifs is 1. The minimum atomic E-state index is -0.0762. The molecule has 136 valence electrons. The fourth-order valence-corrected chi connectivity index (χ4v) is 3.88. The van der Waals surface area contributed by atoms with Crippen molar-refractivity contribution in [1.29, 1.82) is 0 Å². The highest BCUT2D eigenvalue weighted by Crippen LogP contribution is 2.35. The zero-order valence-corrected chi connectivity index (χ0v) is 15.5. The van der Waals surface area contributed by atoms with Gasteiger partial charge in [0.15, 0.2) is 5.82 Å². The van der Waals surface area contributed by atoms with E-state index in [9.17, 15) is 4.79 Å². The molecule has 26 heavy (non-hydrogen) atoms. The van der Waals surface area contributed by atoms with E-state index in [0.29, 0.717) is 5.82 Å². The number of hydrogen-bond acceptors (Lipinski definition) is 4. The number of aromatic nitrogens is 4. The molecule has 0 unspecified atom stereocenters. The first-order valence-electron chi connectivity index (χ1n) is 8.84. The minimum Gasteiger partial charge on any atom is -0.497 e. The van der Waals surface area contributed by atoms with Crippen molar-refractivity contribution in [2.24, 2.45) is 7.05 Å². The Morgan fingerprint density at radius 1 is 1.35 bits per heavy atom. The third-order valence-corrected chi connectivity index (χ3v) is 5.34. The Morgan fingerprint density at radius 2 is 2.15 bits per heavy atom. The summed E-state index contributed by atoms with van der Waals surface area (Å²) < 4.78 is 7.43. The second-order valence-corrected chi connectivity index (χ2v) is 6.84. The molecule has 1 saturated heterocycles. The van der Waals surface area contributed by atoms with Crippen LogP contribution >= 0.6 is 0 Å². The number of aromatic amines is 1. The van der Waals surface area contributed by atoms with Gasteiger partial charge in [0.1, 0.15) is 11.6 Å². The molecule has 1 fully saturated rings. The number of ether oxygens (including phenoxy) is 1. The van der Waals surface area contributed by atoms with Gasteiger partial charge in [0, 0.05) is 30.2 Å². The van der Waals surface area contributed by atoms with Crippen molar-refractivity contribution in [3.05, 3.63) is 41.1 Å². The van der Waals surface area contributed by atoms with E-state index < -0.39 is 0 Å². The van der Waals surface area contributed by atoms with Crippen LogP contribution in [0.5, 0.6) is 5.75 Å². The number of rotatable bonds is 3. The number of methoxy groups -OCH3 is 1. The Morgan fingerprint density at radius 3 is 2.85 bits per heavy atom. The van der Waals surface area contributed by atoms with Crippen LogP contribution < -0.4 is 4.74 Å². The predicted octanol–water partition coefficient (Wildman–Crippen LogP) is 2.90. The number of likely N-dealkylation sites (tertiary alicyclic amines) is 1. The first-order chi connectivity index (χ1) is 12.5. The first kappa shape index (κ1) is 16.6. The van der Waals surface area contributed by atoms with Gasteiger partial charge < -0.3 is 14.2 Å². The molecule has 4 rings (SSSR count). The highest BCUT2D eigenvalue weighted by Gasteiger charge is 2.35. The molecule has 0 aliphatic carbocycles. The average Bonchev–Trinajstić information content (AvgIpc) is 3.34. The summed E-state index contributed by atoms with van der Waals surface area (Å²) in [6.07, 6.45) is 1.84. The topological polar surface area (TPSA) is 76.0 Å². The van der Waals surface area contributed by atoms with Crippen LogP contribution in [0.25, 0.3) is 10.9 Å². The molecule has 0 bridgehead atoms. The lowest BCUT2D eigenvalue weighted by Gasteiger charge is -2.23. The quantitative estimate of drug-likeness (QED) is 0.785. The Labute approximate surface area is 152 Å². The second-order valence-electron chi connectivity index (χ2n) is 6.84. The number of carbonyl (C=O) groups is 1. The maximum Gasteiger partial charge on any atom is 0.256 e. The zero-order valence-electron chi connectivity index (χ0n) is 15.5. The number of H-pyrrole nitrogens is 1. The Balaban J connectivity index is 1.79. The molecule has 1 N–H and O–H groups in total. The molecule has 7 heteroatoms. The highest BCUT2D eigenvalue weighted by molar-refractivity contribution is 6.09. The number of aryl methyl sites for hydroxylation is 2. The summed E-state index contributed by atoms with van der Waals surface area (Å²) in [4.78, 5) is 19.8. The number of amides is 1. The van der Waals surface area contributed by atoms with Gasteiger partial charge in [-0.2, -0.15) is 5.10 Å². The second kappa shape index (κ2) is 6.16. The Bertz CT molecular complexity index is 987. The summed E-state index contributed by atoms with van der Waals surface area (Å²) in [5.74, 6) is 2.25. The molecule has 0 radical (unpaired) electrons. The van der Waals surface area contributed by atoms with Crippen molar-refractivity contribution in [3.8, 4) is 5.75 Å². The molecule has 1 amide bonds. The van der Waals surface area contributed by atoms with Gasteiger partial charge in [-0.05, 0) is 44.9 Å². The number of benzene rings is 1. The molecule has 3 heterocycles. The van der Waals surface area contributed by atoms with Crippen molar-refractivity contribution in [3.63, 3.8) is 0 Å². The van der Waals surface area contributed by atoms with Gasteiger partial charge in [0.05, 0.1) is 18.7 Å². The summed E-state index contributed by atoms with van der Waals surface area (Å²) in [6.45, 7) is 4.58. The molecule has 3 aromatic rings. The van der Waals surface area contributed by atoms with E-state index in [2.05, 4.69) is 19.7 Å². The van der Waals surface area contributed by atoms with Crippen LogP contribution in [0.15, 0.2) is 18.2 Å². The molecule has 1 aliphatic rings. The molecular formula is C19H23N5O2. The summed E-state index contributed by atoms with van der Waals surface area (Å²) in [6, 6.07) is 5.79. The van der Waals surface area contributed by atoms with E-state index in [1.807, 2.05) is 44.0 Å². The summed E-state index contributed by atoms with van der Waals surface area (Å²) in [5.41, 5.74) is 2.71. The standard InChI is InChI=1S/C19H23N5O2/c1-11-17(14-10-13(26-4)7-8-15(14)23(11)3)19(25)24-9-5-6-16(24)18-20-12(2)21-22-18/h7-8,10,16H,5-6,9H2,1-4H3,(H,20,21,22)/t16-/m1/s1. The van der Waals surface area contributed by atoms with Crippen molar-refractivity contribution < 1.29 is 9.53 Å². The van der Waals surface area contributed by atoms with Crippen LogP contribution in [0.3, 0.4) is 0 Å². The zero-order chi connectivity index (χ0) is 18.4. The van der Waals surface area contributed by atoms with Gasteiger partial charge >= 0.3 is 0 Å². The van der Waals surface area contributed by atoms with E-state index in [0.717, 1.165) is 53.1 Å². The van der Waals surface area contributed by atoms with E-state index in [4.69, 9.17) is 4.74 Å². The summed E-state index contributed by atoms with van der Waals surface area (Å²) in [5, 5.41) is 8.09. The van der Waals surface area contributed by atoms with Crippen LogP contribution in [0.1, 0.15) is 46.6 Å². The molecule has 1 aliphatic heterocycles. The SMILES string of the molecule is COc1ccc2c(c1)c(C(=O)N1CCC[C@@H]1c1n[nH]c(C)n1)c(C)n2C. The third kappa shape index (κ3) is 2.46. The molecule has 7 nitrogen and oxygen atoms in total. The van der Waals surface area contributed by atoms with Crippen molar-refractivity contribution >= 4 is 16.8 Å². The molecular weight excluding hydrogens is 330 g/mol. The fourth-order valence-electron chi connectivity index (χ4n) is 3.88. The third-order valence-electron chi connectivity index (χ3n) is 5.34. The van der Waals surface area contributed by atoms with Crippen molar-refractivity contribution in [2.45, 2.75) is 32.7 Å². The van der Waals surface area contributed by atoms with Gasteiger partial charge in [-0.1, -0.05) is 0 Å². The minimum absolute atomic E-state index is 0.0336. The summed E-state index contributed by atoms with van der Waals surface area (Å²) >= 11 is 0. The smallest absolute Gasteiger partial charge is 0.256 e. The molecule has 0 spiro atoms. The van der Waals surface area contributed by atoms with E-state index in [1.165, 1.54) is 0 Å². The largest absolute Gasteiger partial charge is 0.497 e. The first-order valence-corrected chi connectivity index (χ1v) is 8.84. The fraction of sp³-hybridized carbons (Fsp3) is 0.421. The van der Waals surface area contributed by atoms with Crippen LogP contribution in [0.2, 0.25) is 0 Å². The Kier molecular flexibility index (Phi) is 3.94. The van der Waals surface area contributed by atoms with Crippen LogP contribution in [-0.2, 0) is 7.05 Å². The van der Waals surface area contributed by atoms with Gasteiger partial charge in [-0.15, -0.1) is 0 Å². The van der Waals surface area contributed by atoms with Crippen LogP contribution in [0.4, 0.5) is 0 Å². The van der Waals surface area contributed by atoms with Crippen molar-refractivity contribution in [1.82, 2.24) is 24.6 Å². The highest BCUT2D eigenvalue weighted by atomic mass is 16.5. The van der Waals surface area contributed by atoms with E-state index >= 15 is 0 Å². The van der Waals surface area contributed by atoms with E-state index in [1.54, 1.807) is 7.11 Å². The molecule has 1 aromatic carbocycles. The van der Waals surface area contributed by atoms with Gasteiger partial charge in [-0.3, -0.25) is 9.89 Å². The molecule has 2 aromatic heterocycles. The molecule has 1 atom stereocenters. The van der Waals surface area contributed by atoms with E-state index in [-0.39, 0.29) is 11.9 Å². The number of nitrogens with zero attached hydrogens (tertiary/aromatic N) is 4. The summed E-state index contributed by atoms with van der Waals surface area (Å²) in [7, 11) is 3.63. The number of nitrogens with one attached hydrogen (secondary N) is 1. The maximum atomic E-state index is 13.5. The average molecular weight is 353 g/mol. The van der Waals surface area contributed by atoms with Gasteiger partial charge in [-0.25, -0.2) is 4.98 Å². The van der Waals surface area contributed by atoms with Crippen LogP contribution in [-0.4, -0.2) is 44.2 Å². The van der Waals surface area contributed by atoms with Crippen LogP contribution in [0, 0.1) is 13.8 Å².